The van der Waals surface area contributed by atoms with Crippen molar-refractivity contribution < 1.29 is 19.0 Å². The fraction of sp³-hybridized carbons (Fsp3) is 0.278. The topological polar surface area (TPSA) is 44.8 Å². The second kappa shape index (κ2) is 8.54. The standard InChI is InChI=1S/C18H21O4P/c1-4-12-22-13-8-10-14(11-9-13)23-18(19)17-15(20-2)6-5-7-16(17)21-3/h5-11,23H,4,12H2,1-3H3. The fourth-order valence-electron chi connectivity index (χ4n) is 2.12. The molecule has 0 fully saturated rings. The van der Waals surface area contributed by atoms with Crippen LogP contribution < -0.4 is 19.5 Å². The van der Waals surface area contributed by atoms with Crippen LogP contribution in [-0.4, -0.2) is 26.4 Å². The molecule has 122 valence electrons. The smallest absolute Gasteiger partial charge is 0.193 e. The molecule has 0 N–H and O–H groups in total. The predicted octanol–water partition coefficient (Wildman–Crippen LogP) is 3.64. The van der Waals surface area contributed by atoms with E-state index in [-0.39, 0.29) is 14.1 Å². The molecular formula is C18H21O4P. The first kappa shape index (κ1) is 17.3. The molecule has 2 aromatic rings. The summed E-state index contributed by atoms with van der Waals surface area (Å²) >= 11 is 0. The molecule has 0 aromatic heterocycles. The van der Waals surface area contributed by atoms with Gasteiger partial charge in [-0.05, 0) is 44.6 Å². The summed E-state index contributed by atoms with van der Waals surface area (Å²) < 4.78 is 16.1. The zero-order chi connectivity index (χ0) is 16.7. The van der Waals surface area contributed by atoms with Crippen molar-refractivity contribution in [3.63, 3.8) is 0 Å². The summed E-state index contributed by atoms with van der Waals surface area (Å²) in [5.74, 6) is 1.89. The molecule has 23 heavy (non-hydrogen) atoms. The minimum Gasteiger partial charge on any atom is -0.496 e. The van der Waals surface area contributed by atoms with Gasteiger partial charge in [-0.25, -0.2) is 0 Å². The van der Waals surface area contributed by atoms with Gasteiger partial charge in [-0.2, -0.15) is 0 Å². The summed E-state index contributed by atoms with van der Waals surface area (Å²) in [7, 11) is 3.10. The lowest BCUT2D eigenvalue weighted by atomic mass is 10.2. The average molecular weight is 332 g/mol. The Kier molecular flexibility index (Phi) is 6.42. The number of hydrogen-bond acceptors (Lipinski definition) is 4. The van der Waals surface area contributed by atoms with Gasteiger partial charge in [0.2, 0.25) is 0 Å². The van der Waals surface area contributed by atoms with E-state index in [1.54, 1.807) is 32.4 Å². The normalized spacial score (nSPS) is 10.7. The Morgan fingerprint density at radius 1 is 1.00 bits per heavy atom. The second-order valence-corrected chi connectivity index (χ2v) is 6.15. The van der Waals surface area contributed by atoms with Gasteiger partial charge >= 0.3 is 0 Å². The molecule has 0 aliphatic carbocycles. The Hall–Kier alpha value is -2.06. The van der Waals surface area contributed by atoms with E-state index >= 15 is 0 Å². The summed E-state index contributed by atoms with van der Waals surface area (Å²) in [6, 6.07) is 13.0. The molecule has 5 heteroatoms. The number of benzene rings is 2. The van der Waals surface area contributed by atoms with Crippen LogP contribution in [0.15, 0.2) is 42.5 Å². The van der Waals surface area contributed by atoms with Crippen LogP contribution in [0.5, 0.6) is 17.2 Å². The third kappa shape index (κ3) is 4.46. The van der Waals surface area contributed by atoms with E-state index in [1.807, 2.05) is 24.3 Å². The van der Waals surface area contributed by atoms with Crippen molar-refractivity contribution in [2.24, 2.45) is 0 Å². The van der Waals surface area contributed by atoms with Gasteiger partial charge in [0.25, 0.3) is 0 Å². The largest absolute Gasteiger partial charge is 0.496 e. The molecule has 0 saturated heterocycles. The number of carbonyl (C=O) groups is 1. The van der Waals surface area contributed by atoms with Crippen LogP contribution >= 0.6 is 8.58 Å². The van der Waals surface area contributed by atoms with E-state index in [9.17, 15) is 4.79 Å². The lowest BCUT2D eigenvalue weighted by Crippen LogP contribution is -2.05. The zero-order valence-corrected chi connectivity index (χ0v) is 14.6. The van der Waals surface area contributed by atoms with Crippen LogP contribution in [0.2, 0.25) is 0 Å². The number of hydrogen-bond donors (Lipinski definition) is 0. The van der Waals surface area contributed by atoms with E-state index < -0.39 is 0 Å². The molecule has 4 nitrogen and oxygen atoms in total. The van der Waals surface area contributed by atoms with Gasteiger partial charge in [0.05, 0.1) is 20.8 Å². The van der Waals surface area contributed by atoms with E-state index in [0.29, 0.717) is 23.7 Å². The SMILES string of the molecule is CCCOc1ccc(PC(=O)c2c(OC)cccc2OC)cc1. The first-order chi connectivity index (χ1) is 11.2. The van der Waals surface area contributed by atoms with Crippen molar-refractivity contribution in [3.05, 3.63) is 48.0 Å². The quantitative estimate of drug-likeness (QED) is 0.693. The van der Waals surface area contributed by atoms with Crippen molar-refractivity contribution in [2.75, 3.05) is 20.8 Å². The molecule has 1 unspecified atom stereocenters. The minimum absolute atomic E-state index is 0.00124. The highest BCUT2D eigenvalue weighted by molar-refractivity contribution is 7.66. The Labute approximate surface area is 138 Å². The Morgan fingerprint density at radius 3 is 2.13 bits per heavy atom. The third-order valence-electron chi connectivity index (χ3n) is 3.24. The van der Waals surface area contributed by atoms with Crippen molar-refractivity contribution in [2.45, 2.75) is 13.3 Å². The Balaban J connectivity index is 2.16. The van der Waals surface area contributed by atoms with Gasteiger partial charge in [-0.3, -0.25) is 4.79 Å². The summed E-state index contributed by atoms with van der Waals surface area (Å²) in [5.41, 5.74) is 0.476. The van der Waals surface area contributed by atoms with E-state index in [0.717, 1.165) is 17.5 Å². The van der Waals surface area contributed by atoms with Crippen molar-refractivity contribution in [1.29, 1.82) is 0 Å². The number of ether oxygens (including phenoxy) is 3. The molecule has 0 aliphatic rings. The average Bonchev–Trinajstić information content (AvgIpc) is 2.60. The minimum atomic E-state index is -0.0125. The van der Waals surface area contributed by atoms with Crippen molar-refractivity contribution in [3.8, 4) is 17.2 Å². The molecule has 0 heterocycles. The first-order valence-electron chi connectivity index (χ1n) is 7.44. The molecule has 2 rings (SSSR count). The molecule has 0 saturated carbocycles. The van der Waals surface area contributed by atoms with Crippen LogP contribution in [0.4, 0.5) is 0 Å². The number of carbonyl (C=O) groups excluding carboxylic acids is 1. The molecule has 2 aromatic carbocycles. The van der Waals surface area contributed by atoms with E-state index in [1.165, 1.54) is 0 Å². The summed E-state index contributed by atoms with van der Waals surface area (Å²) in [6.45, 7) is 2.76. The van der Waals surface area contributed by atoms with Crippen LogP contribution in [0.3, 0.4) is 0 Å². The molecule has 0 amide bonds. The fourth-order valence-corrected chi connectivity index (χ4v) is 3.09. The summed E-state index contributed by atoms with van der Waals surface area (Å²) in [6.07, 6.45) is 0.968. The van der Waals surface area contributed by atoms with Crippen LogP contribution in [0.1, 0.15) is 23.7 Å². The molecule has 0 aliphatic heterocycles. The number of rotatable bonds is 8. The monoisotopic (exact) mass is 332 g/mol. The van der Waals surface area contributed by atoms with Gasteiger partial charge < -0.3 is 14.2 Å². The predicted molar refractivity (Wildman–Crippen MR) is 94.1 cm³/mol. The highest BCUT2D eigenvalue weighted by Gasteiger charge is 2.18. The molecule has 0 radical (unpaired) electrons. The van der Waals surface area contributed by atoms with Gasteiger partial charge in [0, 0.05) is 0 Å². The molecule has 0 spiro atoms. The van der Waals surface area contributed by atoms with Gasteiger partial charge in [0.15, 0.2) is 5.52 Å². The summed E-state index contributed by atoms with van der Waals surface area (Å²) in [4.78, 5) is 12.7. The van der Waals surface area contributed by atoms with Crippen LogP contribution in [-0.2, 0) is 0 Å². The van der Waals surface area contributed by atoms with E-state index in [4.69, 9.17) is 14.2 Å². The third-order valence-corrected chi connectivity index (χ3v) is 4.34. The maximum Gasteiger partial charge on any atom is 0.193 e. The molecule has 0 bridgehead atoms. The molecular weight excluding hydrogens is 311 g/mol. The number of methoxy groups -OCH3 is 2. The lowest BCUT2D eigenvalue weighted by Gasteiger charge is -2.12. The second-order valence-electron chi connectivity index (χ2n) is 4.86. The maximum atomic E-state index is 12.7. The summed E-state index contributed by atoms with van der Waals surface area (Å²) in [5, 5.41) is 0.951. The van der Waals surface area contributed by atoms with Crippen LogP contribution in [0, 0.1) is 0 Å². The maximum absolute atomic E-state index is 12.7. The van der Waals surface area contributed by atoms with Crippen molar-refractivity contribution >= 4 is 19.4 Å². The van der Waals surface area contributed by atoms with Gasteiger partial charge in [0.1, 0.15) is 22.8 Å². The van der Waals surface area contributed by atoms with E-state index in [2.05, 4.69) is 6.92 Å². The van der Waals surface area contributed by atoms with Crippen molar-refractivity contribution in [1.82, 2.24) is 0 Å². The van der Waals surface area contributed by atoms with Gasteiger partial charge in [-0.1, -0.05) is 25.1 Å². The lowest BCUT2D eigenvalue weighted by molar-refractivity contribution is 0.108. The molecule has 1 atom stereocenters. The Morgan fingerprint density at radius 2 is 1.61 bits per heavy atom. The zero-order valence-electron chi connectivity index (χ0n) is 13.6. The Bertz CT molecular complexity index is 630. The highest BCUT2D eigenvalue weighted by atomic mass is 31.1. The van der Waals surface area contributed by atoms with Crippen LogP contribution in [0.25, 0.3) is 0 Å². The van der Waals surface area contributed by atoms with Gasteiger partial charge in [-0.15, -0.1) is 0 Å². The first-order valence-corrected chi connectivity index (χ1v) is 8.44. The highest BCUT2D eigenvalue weighted by Crippen LogP contribution is 2.33.